The maximum absolute atomic E-state index is 12.0. The Labute approximate surface area is 161 Å². The fourth-order valence-electron chi connectivity index (χ4n) is 2.33. The molecular weight excluding hydrogens is 373 g/mol. The second kappa shape index (κ2) is 8.21. The summed E-state index contributed by atoms with van der Waals surface area (Å²) in [5.41, 5.74) is 2.45. The minimum Gasteiger partial charge on any atom is -0.320 e. The van der Waals surface area contributed by atoms with Gasteiger partial charge < -0.3 is 5.32 Å². The summed E-state index contributed by atoms with van der Waals surface area (Å²) in [7, 11) is 0. The van der Waals surface area contributed by atoms with Crippen molar-refractivity contribution in [2.75, 3.05) is 5.32 Å². The van der Waals surface area contributed by atoms with Crippen molar-refractivity contribution in [2.24, 2.45) is 0 Å². The molecule has 0 fully saturated rings. The van der Waals surface area contributed by atoms with Crippen molar-refractivity contribution in [3.05, 3.63) is 70.2 Å². The lowest BCUT2D eigenvalue weighted by molar-refractivity contribution is -0.111. The van der Waals surface area contributed by atoms with E-state index in [0.29, 0.717) is 22.3 Å². The smallest absolute Gasteiger partial charge is 0.248 e. The van der Waals surface area contributed by atoms with Gasteiger partial charge in [-0.1, -0.05) is 29.3 Å². The van der Waals surface area contributed by atoms with E-state index in [1.165, 1.54) is 6.08 Å². The van der Waals surface area contributed by atoms with Crippen LogP contribution in [0.4, 0.5) is 5.69 Å². The maximum Gasteiger partial charge on any atom is 0.248 e. The molecule has 0 bridgehead atoms. The molecule has 1 aromatic carbocycles. The van der Waals surface area contributed by atoms with Gasteiger partial charge >= 0.3 is 0 Å². The van der Waals surface area contributed by atoms with Gasteiger partial charge in [0.25, 0.3) is 0 Å². The monoisotopic (exact) mass is 389 g/mol. The Morgan fingerprint density at radius 2 is 1.96 bits per heavy atom. The van der Waals surface area contributed by atoms with Crippen LogP contribution in [0.15, 0.2) is 49.1 Å². The quantitative estimate of drug-likeness (QED) is 0.645. The van der Waals surface area contributed by atoms with Crippen LogP contribution in [0.5, 0.6) is 0 Å². The summed E-state index contributed by atoms with van der Waals surface area (Å²) in [6.45, 7) is 3.32. The van der Waals surface area contributed by atoms with E-state index in [1.807, 2.05) is 19.2 Å². The lowest BCUT2D eigenvalue weighted by Crippen LogP contribution is -2.07. The van der Waals surface area contributed by atoms with Crippen molar-refractivity contribution in [2.45, 2.75) is 20.0 Å². The second-order valence-corrected chi connectivity index (χ2v) is 6.44. The first kappa shape index (κ1) is 18.2. The molecule has 3 aromatic rings. The topological polar surface area (TPSA) is 64.7 Å². The van der Waals surface area contributed by atoms with Crippen LogP contribution >= 0.6 is 23.2 Å². The van der Waals surface area contributed by atoms with E-state index in [1.54, 1.807) is 46.2 Å². The van der Waals surface area contributed by atoms with Crippen LogP contribution in [0, 0.1) is 0 Å². The van der Waals surface area contributed by atoms with Gasteiger partial charge in [0, 0.05) is 30.6 Å². The molecular formula is C18H17Cl2N5O. The van der Waals surface area contributed by atoms with E-state index < -0.39 is 0 Å². The molecule has 6 nitrogen and oxygen atoms in total. The van der Waals surface area contributed by atoms with E-state index in [4.69, 9.17) is 23.2 Å². The van der Waals surface area contributed by atoms with Crippen LogP contribution in [0.3, 0.4) is 0 Å². The summed E-state index contributed by atoms with van der Waals surface area (Å²) < 4.78 is 3.51. The number of rotatable bonds is 6. The van der Waals surface area contributed by atoms with E-state index in [-0.39, 0.29) is 5.91 Å². The van der Waals surface area contributed by atoms with E-state index >= 15 is 0 Å². The van der Waals surface area contributed by atoms with Crippen LogP contribution in [-0.4, -0.2) is 25.5 Å². The predicted molar refractivity (Wildman–Crippen MR) is 103 cm³/mol. The number of anilines is 1. The first-order valence-corrected chi connectivity index (χ1v) is 8.77. The molecule has 1 amide bonds. The van der Waals surface area contributed by atoms with Gasteiger partial charge in [-0.2, -0.15) is 10.2 Å². The number of halogens is 2. The Kier molecular flexibility index (Phi) is 5.75. The summed E-state index contributed by atoms with van der Waals surface area (Å²) in [4.78, 5) is 12.0. The Morgan fingerprint density at radius 1 is 1.15 bits per heavy atom. The van der Waals surface area contributed by atoms with Gasteiger partial charge in [0.1, 0.15) is 0 Å². The van der Waals surface area contributed by atoms with Crippen LogP contribution < -0.4 is 5.32 Å². The molecule has 8 heteroatoms. The molecule has 0 unspecified atom stereocenters. The minimum absolute atomic E-state index is 0.233. The standard InChI is InChI=1S/C18H17Cl2N5O/c1-2-24-11-14(8-21-24)4-6-18(26)23-15-9-22-25(12-15)10-13-3-5-16(19)17(20)7-13/h3-9,11-12H,2,10H2,1H3,(H,23,26)/b6-4+. The first-order chi connectivity index (χ1) is 12.5. The Balaban J connectivity index is 1.58. The summed E-state index contributed by atoms with van der Waals surface area (Å²) in [6.07, 6.45) is 10.1. The van der Waals surface area contributed by atoms with Gasteiger partial charge in [-0.25, -0.2) is 0 Å². The van der Waals surface area contributed by atoms with Crippen molar-refractivity contribution in [3.63, 3.8) is 0 Å². The number of aryl methyl sites for hydroxylation is 1. The fraction of sp³-hybridized carbons (Fsp3) is 0.167. The van der Waals surface area contributed by atoms with Gasteiger partial charge in [0.05, 0.1) is 34.7 Å². The molecule has 0 aliphatic heterocycles. The first-order valence-electron chi connectivity index (χ1n) is 8.01. The van der Waals surface area contributed by atoms with E-state index in [9.17, 15) is 4.79 Å². The molecule has 0 saturated heterocycles. The highest BCUT2D eigenvalue weighted by molar-refractivity contribution is 6.42. The lowest BCUT2D eigenvalue weighted by Gasteiger charge is -2.03. The number of nitrogens with one attached hydrogen (secondary N) is 1. The van der Waals surface area contributed by atoms with Crippen molar-refractivity contribution in [3.8, 4) is 0 Å². The molecule has 0 saturated carbocycles. The zero-order valence-corrected chi connectivity index (χ0v) is 15.6. The molecule has 1 N–H and O–H groups in total. The van der Waals surface area contributed by atoms with Crippen molar-refractivity contribution in [1.82, 2.24) is 19.6 Å². The Morgan fingerprint density at radius 3 is 2.69 bits per heavy atom. The molecule has 0 aliphatic rings. The molecule has 2 aromatic heterocycles. The zero-order chi connectivity index (χ0) is 18.5. The third kappa shape index (κ3) is 4.74. The predicted octanol–water partition coefficient (Wildman–Crippen LogP) is 4.11. The highest BCUT2D eigenvalue weighted by Crippen LogP contribution is 2.23. The number of hydrogen-bond acceptors (Lipinski definition) is 3. The van der Waals surface area contributed by atoms with Crippen LogP contribution in [-0.2, 0) is 17.9 Å². The van der Waals surface area contributed by atoms with Crippen molar-refractivity contribution in [1.29, 1.82) is 0 Å². The van der Waals surface area contributed by atoms with Gasteiger partial charge in [0.15, 0.2) is 0 Å². The molecule has 3 rings (SSSR count). The third-order valence-corrected chi connectivity index (χ3v) is 4.37. The normalized spacial score (nSPS) is 11.2. The third-order valence-electron chi connectivity index (χ3n) is 3.63. The van der Waals surface area contributed by atoms with Crippen LogP contribution in [0.2, 0.25) is 10.0 Å². The van der Waals surface area contributed by atoms with Gasteiger partial charge in [-0.15, -0.1) is 0 Å². The maximum atomic E-state index is 12.0. The molecule has 26 heavy (non-hydrogen) atoms. The second-order valence-electron chi connectivity index (χ2n) is 5.63. The largest absolute Gasteiger partial charge is 0.320 e. The van der Waals surface area contributed by atoms with Crippen molar-refractivity contribution >= 4 is 40.9 Å². The number of carbonyl (C=O) groups is 1. The zero-order valence-electron chi connectivity index (χ0n) is 14.1. The Hall–Kier alpha value is -2.57. The number of benzene rings is 1. The molecule has 134 valence electrons. The molecule has 0 atom stereocenters. The van der Waals surface area contributed by atoms with Gasteiger partial charge in [-0.3, -0.25) is 14.2 Å². The van der Waals surface area contributed by atoms with Gasteiger partial charge in [-0.05, 0) is 30.7 Å². The number of hydrogen-bond donors (Lipinski definition) is 1. The van der Waals surface area contributed by atoms with E-state index in [0.717, 1.165) is 17.7 Å². The fourth-order valence-corrected chi connectivity index (χ4v) is 2.65. The Bertz CT molecular complexity index is 945. The molecule has 0 radical (unpaired) electrons. The number of aromatic nitrogens is 4. The number of nitrogens with zero attached hydrogens (tertiary/aromatic N) is 4. The van der Waals surface area contributed by atoms with Gasteiger partial charge in [0.2, 0.25) is 5.91 Å². The highest BCUT2D eigenvalue weighted by atomic mass is 35.5. The highest BCUT2D eigenvalue weighted by Gasteiger charge is 2.04. The number of carbonyl (C=O) groups excluding carboxylic acids is 1. The van der Waals surface area contributed by atoms with Crippen LogP contribution in [0.1, 0.15) is 18.1 Å². The average Bonchev–Trinajstić information content (AvgIpc) is 3.25. The minimum atomic E-state index is -0.233. The van der Waals surface area contributed by atoms with E-state index in [2.05, 4.69) is 15.5 Å². The van der Waals surface area contributed by atoms with Crippen LogP contribution in [0.25, 0.3) is 6.08 Å². The lowest BCUT2D eigenvalue weighted by atomic mass is 10.2. The number of amides is 1. The summed E-state index contributed by atoms with van der Waals surface area (Å²) >= 11 is 11.9. The van der Waals surface area contributed by atoms with Crippen molar-refractivity contribution < 1.29 is 4.79 Å². The molecule has 0 aliphatic carbocycles. The summed E-state index contributed by atoms with van der Waals surface area (Å²) in [5, 5.41) is 12.2. The summed E-state index contributed by atoms with van der Waals surface area (Å²) in [6, 6.07) is 5.42. The SMILES string of the molecule is CCn1cc(/C=C/C(=O)Nc2cnn(Cc3ccc(Cl)c(Cl)c3)c2)cn1. The molecule has 0 spiro atoms. The molecule has 2 heterocycles. The summed E-state index contributed by atoms with van der Waals surface area (Å²) in [5.74, 6) is -0.233. The average molecular weight is 390 g/mol.